The van der Waals surface area contributed by atoms with E-state index in [9.17, 15) is 4.79 Å². The quantitative estimate of drug-likeness (QED) is 0.386. The Labute approximate surface area is 165 Å². The number of carbonyl (C=O) groups is 1. The predicted octanol–water partition coefficient (Wildman–Crippen LogP) is 2.44. The van der Waals surface area contributed by atoms with Crippen LogP contribution in [0.3, 0.4) is 0 Å². The number of nitrogens with one attached hydrogen (secondary N) is 1. The molecule has 6 nitrogen and oxygen atoms in total. The van der Waals surface area contributed by atoms with Crippen molar-refractivity contribution in [3.63, 3.8) is 0 Å². The molecule has 0 spiro atoms. The Morgan fingerprint density at radius 2 is 2.11 bits per heavy atom. The maximum atomic E-state index is 11.4. The van der Waals surface area contributed by atoms with E-state index in [1.54, 1.807) is 0 Å². The summed E-state index contributed by atoms with van der Waals surface area (Å²) in [6.45, 7) is 13.7. The van der Waals surface area contributed by atoms with Crippen LogP contribution in [0, 0.1) is 11.3 Å². The van der Waals surface area contributed by atoms with E-state index in [1.807, 2.05) is 0 Å². The van der Waals surface area contributed by atoms with Gasteiger partial charge in [-0.1, -0.05) is 20.3 Å². The van der Waals surface area contributed by atoms with Crippen LogP contribution in [0.5, 0.6) is 0 Å². The van der Waals surface area contributed by atoms with Crippen molar-refractivity contribution in [2.45, 2.75) is 65.7 Å². The number of aliphatic imine (C=N–C) groups is 1. The maximum absolute atomic E-state index is 11.4. The van der Waals surface area contributed by atoms with Crippen LogP contribution in [0.1, 0.15) is 65.7 Å². The zero-order chi connectivity index (χ0) is 19.7. The van der Waals surface area contributed by atoms with Gasteiger partial charge in [0.15, 0.2) is 5.96 Å². The summed E-state index contributed by atoms with van der Waals surface area (Å²) in [6, 6.07) is 0. The SMILES string of the molecule is CCCC1(C)CCCN(C(=NCCCN2CCCC(C(N)=O)C2)NCC)C1. The van der Waals surface area contributed by atoms with Gasteiger partial charge in [-0.3, -0.25) is 9.79 Å². The lowest BCUT2D eigenvalue weighted by atomic mass is 9.78. The third-order valence-electron chi connectivity index (χ3n) is 6.07. The molecule has 0 radical (unpaired) electrons. The molecule has 0 aromatic rings. The Bertz CT molecular complexity index is 491. The van der Waals surface area contributed by atoms with Crippen molar-refractivity contribution in [2.75, 3.05) is 45.8 Å². The maximum Gasteiger partial charge on any atom is 0.221 e. The van der Waals surface area contributed by atoms with Crippen molar-refractivity contribution < 1.29 is 4.79 Å². The van der Waals surface area contributed by atoms with Crippen molar-refractivity contribution >= 4 is 11.9 Å². The molecule has 2 atom stereocenters. The highest BCUT2D eigenvalue weighted by Crippen LogP contribution is 2.33. The standard InChI is InChI=1S/C21H41N5O/c1-4-10-21(3)11-7-15-26(17-21)20(23-5-2)24-12-8-14-25-13-6-9-18(16-25)19(22)27/h18H,4-17H2,1-3H3,(H2,22,27)(H,23,24). The first-order valence-electron chi connectivity index (χ1n) is 11.0. The molecule has 0 saturated carbocycles. The van der Waals surface area contributed by atoms with E-state index in [4.69, 9.17) is 10.7 Å². The Kier molecular flexibility index (Phi) is 8.87. The molecule has 2 aliphatic heterocycles. The fourth-order valence-corrected chi connectivity index (χ4v) is 4.70. The lowest BCUT2D eigenvalue weighted by molar-refractivity contribution is -0.123. The molecular formula is C21H41N5O. The van der Waals surface area contributed by atoms with Crippen LogP contribution in [0.15, 0.2) is 4.99 Å². The molecule has 0 aromatic heterocycles. The number of guanidine groups is 1. The van der Waals surface area contributed by atoms with Crippen LogP contribution < -0.4 is 11.1 Å². The third-order valence-corrected chi connectivity index (χ3v) is 6.07. The molecule has 2 heterocycles. The first kappa shape index (κ1) is 22.0. The van der Waals surface area contributed by atoms with Gasteiger partial charge in [-0.15, -0.1) is 0 Å². The van der Waals surface area contributed by atoms with Gasteiger partial charge in [0, 0.05) is 32.7 Å². The molecule has 2 saturated heterocycles. The fraction of sp³-hybridized carbons (Fsp3) is 0.905. The number of nitrogens with two attached hydrogens (primary N) is 1. The van der Waals surface area contributed by atoms with E-state index in [0.29, 0.717) is 5.41 Å². The summed E-state index contributed by atoms with van der Waals surface area (Å²) < 4.78 is 0. The van der Waals surface area contributed by atoms with Gasteiger partial charge in [0.25, 0.3) is 0 Å². The minimum absolute atomic E-state index is 0.0316. The molecule has 2 rings (SSSR count). The van der Waals surface area contributed by atoms with Gasteiger partial charge in [0.05, 0.1) is 5.92 Å². The molecule has 0 bridgehead atoms. The Balaban J connectivity index is 1.83. The number of primary amides is 1. The molecule has 27 heavy (non-hydrogen) atoms. The second kappa shape index (κ2) is 10.9. The van der Waals surface area contributed by atoms with E-state index >= 15 is 0 Å². The van der Waals surface area contributed by atoms with Crippen molar-refractivity contribution in [3.8, 4) is 0 Å². The molecule has 2 aliphatic rings. The average molecular weight is 380 g/mol. The lowest BCUT2D eigenvalue weighted by Gasteiger charge is -2.42. The third kappa shape index (κ3) is 6.98. The smallest absolute Gasteiger partial charge is 0.221 e. The molecule has 2 unspecified atom stereocenters. The van der Waals surface area contributed by atoms with Crippen LogP contribution >= 0.6 is 0 Å². The number of amides is 1. The minimum atomic E-state index is -0.146. The van der Waals surface area contributed by atoms with Crippen molar-refractivity contribution in [1.82, 2.24) is 15.1 Å². The highest BCUT2D eigenvalue weighted by Gasteiger charge is 2.31. The van der Waals surface area contributed by atoms with Gasteiger partial charge < -0.3 is 20.9 Å². The highest BCUT2D eigenvalue weighted by atomic mass is 16.1. The van der Waals surface area contributed by atoms with Crippen molar-refractivity contribution in [2.24, 2.45) is 22.1 Å². The van der Waals surface area contributed by atoms with E-state index in [2.05, 4.69) is 35.9 Å². The summed E-state index contributed by atoms with van der Waals surface area (Å²) in [5.41, 5.74) is 5.90. The van der Waals surface area contributed by atoms with Crippen molar-refractivity contribution in [3.05, 3.63) is 0 Å². The summed E-state index contributed by atoms with van der Waals surface area (Å²) >= 11 is 0. The predicted molar refractivity (Wildman–Crippen MR) is 113 cm³/mol. The van der Waals surface area contributed by atoms with Gasteiger partial charge in [0.2, 0.25) is 5.91 Å². The Morgan fingerprint density at radius 3 is 2.81 bits per heavy atom. The number of likely N-dealkylation sites (tertiary alicyclic amines) is 2. The fourth-order valence-electron chi connectivity index (χ4n) is 4.70. The number of rotatable bonds is 8. The summed E-state index contributed by atoms with van der Waals surface area (Å²) in [5, 5.41) is 3.49. The zero-order valence-corrected chi connectivity index (χ0v) is 17.8. The number of carbonyl (C=O) groups excluding carboxylic acids is 1. The topological polar surface area (TPSA) is 74.0 Å². The number of piperidine rings is 2. The largest absolute Gasteiger partial charge is 0.369 e. The van der Waals surface area contributed by atoms with Gasteiger partial charge in [-0.05, 0) is 64.0 Å². The minimum Gasteiger partial charge on any atom is -0.369 e. The summed E-state index contributed by atoms with van der Waals surface area (Å²) in [6.07, 6.45) is 8.17. The number of nitrogens with zero attached hydrogens (tertiary/aromatic N) is 3. The van der Waals surface area contributed by atoms with Gasteiger partial charge in [0.1, 0.15) is 0 Å². The van der Waals surface area contributed by atoms with Crippen LogP contribution in [0.25, 0.3) is 0 Å². The summed E-state index contributed by atoms with van der Waals surface area (Å²) in [7, 11) is 0. The van der Waals surface area contributed by atoms with Gasteiger partial charge in [-0.25, -0.2) is 0 Å². The average Bonchev–Trinajstić information content (AvgIpc) is 2.64. The molecule has 6 heteroatoms. The zero-order valence-electron chi connectivity index (χ0n) is 17.8. The molecule has 1 amide bonds. The molecule has 3 N–H and O–H groups in total. The second-order valence-corrected chi connectivity index (χ2v) is 8.72. The van der Waals surface area contributed by atoms with Crippen molar-refractivity contribution in [1.29, 1.82) is 0 Å². The molecular weight excluding hydrogens is 338 g/mol. The number of hydrogen-bond acceptors (Lipinski definition) is 3. The highest BCUT2D eigenvalue weighted by molar-refractivity contribution is 5.80. The van der Waals surface area contributed by atoms with Crippen LogP contribution in [-0.2, 0) is 4.79 Å². The van der Waals surface area contributed by atoms with E-state index in [1.165, 1.54) is 25.7 Å². The first-order valence-corrected chi connectivity index (χ1v) is 11.0. The summed E-state index contributed by atoms with van der Waals surface area (Å²) in [4.78, 5) is 21.2. The normalized spacial score (nSPS) is 27.6. The second-order valence-electron chi connectivity index (χ2n) is 8.72. The van der Waals surface area contributed by atoms with Crippen LogP contribution in [-0.4, -0.2) is 67.5 Å². The first-order chi connectivity index (χ1) is 13.0. The Hall–Kier alpha value is -1.30. The lowest BCUT2D eigenvalue weighted by Crippen LogP contribution is -2.50. The molecule has 2 fully saturated rings. The van der Waals surface area contributed by atoms with E-state index < -0.39 is 0 Å². The van der Waals surface area contributed by atoms with E-state index in [0.717, 1.165) is 71.0 Å². The number of hydrogen-bond donors (Lipinski definition) is 2. The molecule has 156 valence electrons. The van der Waals surface area contributed by atoms with Crippen LogP contribution in [0.2, 0.25) is 0 Å². The molecule has 0 aromatic carbocycles. The van der Waals surface area contributed by atoms with Gasteiger partial charge in [-0.2, -0.15) is 0 Å². The van der Waals surface area contributed by atoms with E-state index in [-0.39, 0.29) is 11.8 Å². The van der Waals surface area contributed by atoms with Gasteiger partial charge >= 0.3 is 0 Å². The Morgan fingerprint density at radius 1 is 1.30 bits per heavy atom. The summed E-state index contributed by atoms with van der Waals surface area (Å²) in [5.74, 6) is 0.963. The van der Waals surface area contributed by atoms with Crippen LogP contribution in [0.4, 0.5) is 0 Å². The monoisotopic (exact) mass is 379 g/mol. The molecule has 0 aliphatic carbocycles.